The van der Waals surface area contributed by atoms with Gasteiger partial charge in [-0.3, -0.25) is 9.59 Å². The molecule has 1 amide bonds. The Labute approximate surface area is 108 Å². The van der Waals surface area contributed by atoms with E-state index in [1.54, 1.807) is 0 Å². The molecule has 2 unspecified atom stereocenters. The SMILES string of the molecule is CC(C)N(C(=O)C1CCC1C(=O)O)C1CCCC1. The van der Waals surface area contributed by atoms with Crippen molar-refractivity contribution in [3.8, 4) is 0 Å². The van der Waals surface area contributed by atoms with E-state index in [1.807, 2.05) is 18.7 Å². The third kappa shape index (κ3) is 2.38. The molecule has 0 saturated heterocycles. The van der Waals surface area contributed by atoms with E-state index in [0.29, 0.717) is 12.5 Å². The molecule has 0 heterocycles. The summed E-state index contributed by atoms with van der Waals surface area (Å²) in [5.74, 6) is -1.45. The summed E-state index contributed by atoms with van der Waals surface area (Å²) in [5.41, 5.74) is 0. The van der Waals surface area contributed by atoms with E-state index in [9.17, 15) is 9.59 Å². The van der Waals surface area contributed by atoms with E-state index >= 15 is 0 Å². The molecule has 1 N–H and O–H groups in total. The third-order valence-corrected chi connectivity index (χ3v) is 4.44. The van der Waals surface area contributed by atoms with Crippen LogP contribution >= 0.6 is 0 Å². The van der Waals surface area contributed by atoms with Gasteiger partial charge in [0.15, 0.2) is 0 Å². The van der Waals surface area contributed by atoms with Gasteiger partial charge in [-0.1, -0.05) is 12.8 Å². The first-order valence-corrected chi connectivity index (χ1v) is 7.07. The molecular weight excluding hydrogens is 230 g/mol. The van der Waals surface area contributed by atoms with E-state index in [1.165, 1.54) is 12.8 Å². The first-order valence-electron chi connectivity index (χ1n) is 7.07. The van der Waals surface area contributed by atoms with Gasteiger partial charge in [-0.05, 0) is 39.5 Å². The standard InChI is InChI=1S/C14H23NO3/c1-9(2)15(10-5-3-4-6-10)13(16)11-7-8-12(11)14(17)18/h9-12H,3-8H2,1-2H3,(H,17,18). The summed E-state index contributed by atoms with van der Waals surface area (Å²) >= 11 is 0. The highest BCUT2D eigenvalue weighted by Crippen LogP contribution is 2.38. The van der Waals surface area contributed by atoms with E-state index < -0.39 is 11.9 Å². The van der Waals surface area contributed by atoms with Gasteiger partial charge in [-0.2, -0.15) is 0 Å². The molecule has 4 heteroatoms. The molecule has 0 radical (unpaired) electrons. The van der Waals surface area contributed by atoms with Crippen LogP contribution in [0, 0.1) is 11.8 Å². The maximum Gasteiger partial charge on any atom is 0.307 e. The van der Waals surface area contributed by atoms with Crippen LogP contribution in [-0.4, -0.2) is 34.0 Å². The van der Waals surface area contributed by atoms with Gasteiger partial charge in [-0.15, -0.1) is 0 Å². The van der Waals surface area contributed by atoms with Crippen LogP contribution in [0.5, 0.6) is 0 Å². The Bertz CT molecular complexity index is 334. The number of carbonyl (C=O) groups is 2. The largest absolute Gasteiger partial charge is 0.481 e. The first kappa shape index (κ1) is 13.4. The van der Waals surface area contributed by atoms with Crippen LogP contribution in [0.1, 0.15) is 52.4 Å². The number of carboxylic acid groups (broad SMARTS) is 1. The normalized spacial score (nSPS) is 28.2. The van der Waals surface area contributed by atoms with Crippen LogP contribution in [0.4, 0.5) is 0 Å². The lowest BCUT2D eigenvalue weighted by Gasteiger charge is -2.41. The second-order valence-electron chi connectivity index (χ2n) is 5.91. The first-order chi connectivity index (χ1) is 8.52. The fourth-order valence-corrected chi connectivity index (χ4v) is 3.32. The molecule has 2 rings (SSSR count). The van der Waals surface area contributed by atoms with Gasteiger partial charge in [0.1, 0.15) is 0 Å². The highest BCUT2D eigenvalue weighted by molar-refractivity contribution is 5.86. The molecule has 0 spiro atoms. The molecule has 2 saturated carbocycles. The highest BCUT2D eigenvalue weighted by Gasteiger charge is 2.45. The number of carbonyl (C=O) groups excluding carboxylic acids is 1. The lowest BCUT2D eigenvalue weighted by Crippen LogP contribution is -2.51. The predicted molar refractivity (Wildman–Crippen MR) is 68.1 cm³/mol. The van der Waals surface area contributed by atoms with E-state index in [2.05, 4.69) is 0 Å². The second-order valence-corrected chi connectivity index (χ2v) is 5.91. The van der Waals surface area contributed by atoms with Crippen LogP contribution < -0.4 is 0 Å². The molecule has 18 heavy (non-hydrogen) atoms. The minimum atomic E-state index is -0.810. The molecule has 2 aliphatic rings. The van der Waals surface area contributed by atoms with E-state index in [4.69, 9.17) is 5.11 Å². The Morgan fingerprint density at radius 3 is 2.00 bits per heavy atom. The lowest BCUT2D eigenvalue weighted by molar-refractivity contribution is -0.158. The van der Waals surface area contributed by atoms with Crippen molar-refractivity contribution in [1.82, 2.24) is 4.90 Å². The van der Waals surface area contributed by atoms with Gasteiger partial charge in [0.2, 0.25) is 5.91 Å². The Balaban J connectivity index is 2.06. The number of hydrogen-bond acceptors (Lipinski definition) is 2. The summed E-state index contributed by atoms with van der Waals surface area (Å²) in [6.45, 7) is 4.06. The molecule has 0 aliphatic heterocycles. The van der Waals surface area contributed by atoms with Crippen molar-refractivity contribution in [3.05, 3.63) is 0 Å². The van der Waals surface area contributed by atoms with Crippen molar-refractivity contribution >= 4 is 11.9 Å². The van der Waals surface area contributed by atoms with E-state index in [-0.39, 0.29) is 17.9 Å². The van der Waals surface area contributed by atoms with Crippen LogP contribution in [-0.2, 0) is 9.59 Å². The average molecular weight is 253 g/mol. The van der Waals surface area contributed by atoms with Crippen molar-refractivity contribution in [1.29, 1.82) is 0 Å². The Hall–Kier alpha value is -1.06. The molecule has 102 valence electrons. The summed E-state index contributed by atoms with van der Waals surface area (Å²) < 4.78 is 0. The van der Waals surface area contributed by atoms with Gasteiger partial charge in [-0.25, -0.2) is 0 Å². The quantitative estimate of drug-likeness (QED) is 0.836. The fourth-order valence-electron chi connectivity index (χ4n) is 3.32. The van der Waals surface area contributed by atoms with Crippen LogP contribution in [0.3, 0.4) is 0 Å². The maximum absolute atomic E-state index is 12.5. The Morgan fingerprint density at radius 1 is 1.06 bits per heavy atom. The minimum absolute atomic E-state index is 0.0792. The van der Waals surface area contributed by atoms with Crippen molar-refractivity contribution in [2.75, 3.05) is 0 Å². The fraction of sp³-hybridized carbons (Fsp3) is 0.857. The Morgan fingerprint density at radius 2 is 1.61 bits per heavy atom. The third-order valence-electron chi connectivity index (χ3n) is 4.44. The summed E-state index contributed by atoms with van der Waals surface area (Å²) in [6.07, 6.45) is 5.93. The van der Waals surface area contributed by atoms with Gasteiger partial charge in [0.25, 0.3) is 0 Å². The number of amides is 1. The maximum atomic E-state index is 12.5. The second kappa shape index (κ2) is 5.29. The molecular formula is C14H23NO3. The Kier molecular flexibility index (Phi) is 3.93. The monoisotopic (exact) mass is 253 g/mol. The lowest BCUT2D eigenvalue weighted by atomic mass is 9.72. The van der Waals surface area contributed by atoms with Gasteiger partial charge in [0.05, 0.1) is 11.8 Å². The van der Waals surface area contributed by atoms with Crippen LogP contribution in [0.25, 0.3) is 0 Å². The summed E-state index contributed by atoms with van der Waals surface area (Å²) in [6, 6.07) is 0.517. The van der Waals surface area contributed by atoms with E-state index in [0.717, 1.165) is 19.3 Å². The molecule has 4 nitrogen and oxygen atoms in total. The highest BCUT2D eigenvalue weighted by atomic mass is 16.4. The van der Waals surface area contributed by atoms with Gasteiger partial charge < -0.3 is 10.0 Å². The zero-order valence-electron chi connectivity index (χ0n) is 11.3. The molecule has 0 aromatic rings. The smallest absolute Gasteiger partial charge is 0.307 e. The van der Waals surface area contributed by atoms with Gasteiger partial charge in [0, 0.05) is 12.1 Å². The summed E-state index contributed by atoms with van der Waals surface area (Å²) in [4.78, 5) is 25.5. The number of carboxylic acids is 1. The van der Waals surface area contributed by atoms with Crippen LogP contribution in [0.15, 0.2) is 0 Å². The number of hydrogen-bond donors (Lipinski definition) is 1. The van der Waals surface area contributed by atoms with Crippen molar-refractivity contribution in [3.63, 3.8) is 0 Å². The van der Waals surface area contributed by atoms with Crippen molar-refractivity contribution in [2.45, 2.75) is 64.5 Å². The molecule has 0 bridgehead atoms. The molecule has 2 atom stereocenters. The number of nitrogens with zero attached hydrogens (tertiary/aromatic N) is 1. The van der Waals surface area contributed by atoms with Crippen molar-refractivity contribution in [2.24, 2.45) is 11.8 Å². The zero-order chi connectivity index (χ0) is 13.3. The minimum Gasteiger partial charge on any atom is -0.481 e. The molecule has 2 aliphatic carbocycles. The molecule has 0 aromatic heterocycles. The predicted octanol–water partition coefficient (Wildman–Crippen LogP) is 2.28. The van der Waals surface area contributed by atoms with Crippen LogP contribution in [0.2, 0.25) is 0 Å². The van der Waals surface area contributed by atoms with Gasteiger partial charge >= 0.3 is 5.97 Å². The molecule has 2 fully saturated rings. The average Bonchev–Trinajstić information content (AvgIpc) is 2.67. The number of rotatable bonds is 4. The summed E-state index contributed by atoms with van der Waals surface area (Å²) in [7, 11) is 0. The van der Waals surface area contributed by atoms with Crippen molar-refractivity contribution < 1.29 is 14.7 Å². The topological polar surface area (TPSA) is 57.6 Å². The summed E-state index contributed by atoms with van der Waals surface area (Å²) in [5, 5.41) is 9.07. The number of aliphatic carboxylic acids is 1. The molecule has 0 aromatic carbocycles. The zero-order valence-corrected chi connectivity index (χ0v) is 11.3.